The highest BCUT2D eigenvalue weighted by Gasteiger charge is 2.28. The maximum absolute atomic E-state index is 13.8. The van der Waals surface area contributed by atoms with E-state index in [2.05, 4.69) is 0 Å². The van der Waals surface area contributed by atoms with E-state index < -0.39 is 11.6 Å². The molecule has 0 spiro atoms. The van der Waals surface area contributed by atoms with E-state index >= 15 is 0 Å². The Hall–Kier alpha value is -2.06. The number of rotatable bonds is 5. The minimum atomic E-state index is -0.679. The molecule has 27 heavy (non-hydrogen) atoms. The lowest BCUT2D eigenvalue weighted by Crippen LogP contribution is -2.52. The average Bonchev–Trinajstić information content (AvgIpc) is 2.64. The molecule has 8 heteroatoms. The first-order chi connectivity index (χ1) is 12.9. The number of amides is 2. The van der Waals surface area contributed by atoms with Crippen LogP contribution in [0.3, 0.4) is 0 Å². The largest absolute Gasteiger partial charge is 0.368 e. The molecule has 0 radical (unpaired) electrons. The third-order valence-corrected chi connectivity index (χ3v) is 5.21. The van der Waals surface area contributed by atoms with Crippen molar-refractivity contribution in [2.45, 2.75) is 44.4 Å². The first kappa shape index (κ1) is 19.7. The number of hydrogen-bond donors (Lipinski definition) is 1. The molecule has 2 aliphatic rings. The van der Waals surface area contributed by atoms with Crippen molar-refractivity contribution in [1.82, 2.24) is 9.80 Å². The van der Waals surface area contributed by atoms with Crippen LogP contribution in [0.25, 0.3) is 0 Å². The molecule has 2 fully saturated rings. The van der Waals surface area contributed by atoms with E-state index in [1.165, 1.54) is 15.9 Å². The van der Waals surface area contributed by atoms with Gasteiger partial charge in [0.05, 0.1) is 12.6 Å². The molecule has 2 amide bonds. The summed E-state index contributed by atoms with van der Waals surface area (Å²) in [6.45, 7) is 0.637. The lowest BCUT2D eigenvalue weighted by Gasteiger charge is -2.35. The van der Waals surface area contributed by atoms with Crippen LogP contribution in [-0.2, 0) is 20.9 Å². The van der Waals surface area contributed by atoms with Crippen LogP contribution in [0.15, 0.2) is 18.2 Å². The molecular weight excluding hydrogens is 356 g/mol. The van der Waals surface area contributed by atoms with Crippen LogP contribution in [0.4, 0.5) is 8.78 Å². The van der Waals surface area contributed by atoms with Gasteiger partial charge < -0.3 is 20.3 Å². The highest BCUT2D eigenvalue weighted by Crippen LogP contribution is 2.20. The predicted molar refractivity (Wildman–Crippen MR) is 94.5 cm³/mol. The van der Waals surface area contributed by atoms with Gasteiger partial charge in [0.2, 0.25) is 11.8 Å². The molecule has 0 bridgehead atoms. The molecule has 1 aliphatic carbocycles. The number of piperazine rings is 1. The molecule has 1 saturated heterocycles. The normalized spacial score (nSPS) is 23.6. The van der Waals surface area contributed by atoms with E-state index in [-0.39, 0.29) is 49.2 Å². The Morgan fingerprint density at radius 2 is 1.93 bits per heavy atom. The molecule has 148 valence electrons. The Bertz CT molecular complexity index is 693. The van der Waals surface area contributed by atoms with Gasteiger partial charge in [-0.3, -0.25) is 9.59 Å². The fourth-order valence-electron chi connectivity index (χ4n) is 3.48. The van der Waals surface area contributed by atoms with Crippen LogP contribution in [0.5, 0.6) is 0 Å². The molecule has 0 atom stereocenters. The zero-order valence-corrected chi connectivity index (χ0v) is 15.2. The van der Waals surface area contributed by atoms with Crippen LogP contribution in [0, 0.1) is 11.6 Å². The number of benzene rings is 1. The van der Waals surface area contributed by atoms with Gasteiger partial charge in [0.15, 0.2) is 0 Å². The highest BCUT2D eigenvalue weighted by atomic mass is 19.1. The fraction of sp³-hybridized carbons (Fsp3) is 0.579. The summed E-state index contributed by atoms with van der Waals surface area (Å²) in [7, 11) is 0. The van der Waals surface area contributed by atoms with Crippen molar-refractivity contribution in [3.05, 3.63) is 35.4 Å². The fourth-order valence-corrected chi connectivity index (χ4v) is 3.48. The van der Waals surface area contributed by atoms with E-state index in [1.54, 1.807) is 0 Å². The SMILES string of the molecule is NC1CCC(OCC(=O)N2CCN(Cc3ccc(F)cc3F)C(=O)C2)CC1. The van der Waals surface area contributed by atoms with Crippen molar-refractivity contribution in [2.24, 2.45) is 5.73 Å². The number of halogens is 2. The van der Waals surface area contributed by atoms with Crippen molar-refractivity contribution in [3.63, 3.8) is 0 Å². The Morgan fingerprint density at radius 1 is 1.19 bits per heavy atom. The lowest BCUT2D eigenvalue weighted by molar-refractivity contribution is -0.149. The summed E-state index contributed by atoms with van der Waals surface area (Å²) < 4.78 is 32.4. The van der Waals surface area contributed by atoms with Crippen LogP contribution >= 0.6 is 0 Å². The van der Waals surface area contributed by atoms with Crippen molar-refractivity contribution in [1.29, 1.82) is 0 Å². The summed E-state index contributed by atoms with van der Waals surface area (Å²) >= 11 is 0. The molecule has 1 aromatic carbocycles. The molecule has 1 aromatic rings. The molecule has 6 nitrogen and oxygen atoms in total. The summed E-state index contributed by atoms with van der Waals surface area (Å²) in [4.78, 5) is 27.6. The van der Waals surface area contributed by atoms with Gasteiger partial charge in [0.1, 0.15) is 18.2 Å². The van der Waals surface area contributed by atoms with Gasteiger partial charge in [-0.25, -0.2) is 8.78 Å². The zero-order chi connectivity index (χ0) is 19.4. The Balaban J connectivity index is 1.46. The van der Waals surface area contributed by atoms with Crippen LogP contribution in [0.1, 0.15) is 31.2 Å². The average molecular weight is 381 g/mol. The van der Waals surface area contributed by atoms with Gasteiger partial charge in [-0.1, -0.05) is 6.07 Å². The smallest absolute Gasteiger partial charge is 0.249 e. The third-order valence-electron chi connectivity index (χ3n) is 5.21. The Labute approximate surface area is 157 Å². The molecule has 0 aromatic heterocycles. The Morgan fingerprint density at radius 3 is 2.59 bits per heavy atom. The van der Waals surface area contributed by atoms with E-state index in [0.717, 1.165) is 37.8 Å². The number of nitrogens with two attached hydrogens (primary N) is 1. The molecule has 1 heterocycles. The van der Waals surface area contributed by atoms with Crippen molar-refractivity contribution in [2.75, 3.05) is 26.2 Å². The van der Waals surface area contributed by atoms with Gasteiger partial charge in [-0.05, 0) is 31.7 Å². The van der Waals surface area contributed by atoms with Crippen LogP contribution < -0.4 is 5.73 Å². The number of carbonyl (C=O) groups is 2. The van der Waals surface area contributed by atoms with Crippen molar-refractivity contribution >= 4 is 11.8 Å². The quantitative estimate of drug-likeness (QED) is 0.837. The molecule has 3 rings (SSSR count). The third kappa shape index (κ3) is 5.23. The predicted octanol–water partition coefficient (Wildman–Crippen LogP) is 1.42. The topological polar surface area (TPSA) is 75.9 Å². The minimum absolute atomic E-state index is 0.0419. The summed E-state index contributed by atoms with van der Waals surface area (Å²) in [6, 6.07) is 3.52. The molecule has 1 saturated carbocycles. The summed E-state index contributed by atoms with van der Waals surface area (Å²) in [5.74, 6) is -1.81. The second kappa shape index (κ2) is 8.75. The van der Waals surface area contributed by atoms with Gasteiger partial charge in [-0.15, -0.1) is 0 Å². The second-order valence-corrected chi connectivity index (χ2v) is 7.21. The number of carbonyl (C=O) groups excluding carboxylic acids is 2. The van der Waals surface area contributed by atoms with Crippen molar-refractivity contribution in [3.8, 4) is 0 Å². The number of ether oxygens (including phenoxy) is 1. The second-order valence-electron chi connectivity index (χ2n) is 7.21. The molecule has 2 N–H and O–H groups in total. The highest BCUT2D eigenvalue weighted by molar-refractivity contribution is 5.86. The van der Waals surface area contributed by atoms with E-state index in [0.29, 0.717) is 13.1 Å². The molecular formula is C19H25F2N3O3. The number of nitrogens with zero attached hydrogens (tertiary/aromatic N) is 2. The van der Waals surface area contributed by atoms with Gasteiger partial charge in [0, 0.05) is 37.3 Å². The molecule has 1 aliphatic heterocycles. The lowest BCUT2D eigenvalue weighted by atomic mass is 9.94. The van der Waals surface area contributed by atoms with E-state index in [9.17, 15) is 18.4 Å². The van der Waals surface area contributed by atoms with Gasteiger partial charge in [0.25, 0.3) is 0 Å². The standard InChI is InChI=1S/C19H25F2N3O3/c20-14-2-1-13(17(21)9-14)10-23-7-8-24(11-18(23)25)19(26)12-27-16-5-3-15(22)4-6-16/h1-2,9,15-16H,3-8,10-12,22H2. The molecule has 0 unspecified atom stereocenters. The maximum Gasteiger partial charge on any atom is 0.249 e. The first-order valence-electron chi connectivity index (χ1n) is 9.29. The summed E-state index contributed by atoms with van der Waals surface area (Å²) in [6.07, 6.45) is 3.55. The van der Waals surface area contributed by atoms with E-state index in [4.69, 9.17) is 10.5 Å². The van der Waals surface area contributed by atoms with Gasteiger partial charge in [-0.2, -0.15) is 0 Å². The first-order valence-corrected chi connectivity index (χ1v) is 9.29. The summed E-state index contributed by atoms with van der Waals surface area (Å²) in [5, 5.41) is 0. The van der Waals surface area contributed by atoms with Crippen LogP contribution in [0.2, 0.25) is 0 Å². The van der Waals surface area contributed by atoms with Crippen molar-refractivity contribution < 1.29 is 23.1 Å². The Kier molecular flexibility index (Phi) is 6.38. The number of hydrogen-bond acceptors (Lipinski definition) is 4. The van der Waals surface area contributed by atoms with Crippen LogP contribution in [-0.4, -0.2) is 60.0 Å². The van der Waals surface area contributed by atoms with Gasteiger partial charge >= 0.3 is 0 Å². The maximum atomic E-state index is 13.8. The minimum Gasteiger partial charge on any atom is -0.368 e. The summed E-state index contributed by atoms with van der Waals surface area (Å²) in [5.41, 5.74) is 6.11. The monoisotopic (exact) mass is 381 g/mol. The zero-order valence-electron chi connectivity index (χ0n) is 15.2. The van der Waals surface area contributed by atoms with E-state index in [1.807, 2.05) is 0 Å².